The highest BCUT2D eigenvalue weighted by molar-refractivity contribution is 7.15. The van der Waals surface area contributed by atoms with Crippen LogP contribution in [0.5, 0.6) is 0 Å². The van der Waals surface area contributed by atoms with E-state index in [0.29, 0.717) is 16.7 Å². The largest absolute Gasteiger partial charge is 0.372 e. The van der Waals surface area contributed by atoms with Crippen molar-refractivity contribution < 1.29 is 4.92 Å². The Bertz CT molecular complexity index is 561. The third-order valence-electron chi connectivity index (χ3n) is 2.91. The highest BCUT2D eigenvalue weighted by atomic mass is 32.1. The fourth-order valence-electron chi connectivity index (χ4n) is 1.95. The molecular weight excluding hydrogens is 264 g/mol. The van der Waals surface area contributed by atoms with Gasteiger partial charge in [-0.15, -0.1) is 0 Å². The number of nitro groups is 1. The van der Waals surface area contributed by atoms with Crippen molar-refractivity contribution in [3.05, 3.63) is 21.7 Å². The first kappa shape index (κ1) is 13.8. The van der Waals surface area contributed by atoms with E-state index in [1.165, 1.54) is 22.2 Å². The second-order valence-corrected chi connectivity index (χ2v) is 5.79. The van der Waals surface area contributed by atoms with Crippen LogP contribution < -0.4 is 5.32 Å². The lowest BCUT2D eigenvalue weighted by molar-refractivity contribution is -0.389. The van der Waals surface area contributed by atoms with Gasteiger partial charge in [-0.25, -0.2) is 0 Å². The van der Waals surface area contributed by atoms with E-state index in [4.69, 9.17) is 0 Å². The molecule has 2 heterocycles. The van der Waals surface area contributed by atoms with Gasteiger partial charge in [-0.1, -0.05) is 38.0 Å². The fourth-order valence-corrected chi connectivity index (χ4v) is 2.66. The number of unbranched alkanes of at least 4 members (excludes halogenated alkanes) is 1. The highest BCUT2D eigenvalue weighted by Gasteiger charge is 2.22. The van der Waals surface area contributed by atoms with Crippen LogP contribution in [-0.4, -0.2) is 20.9 Å². The molecule has 0 saturated carbocycles. The van der Waals surface area contributed by atoms with Crippen molar-refractivity contribution in [2.75, 3.05) is 11.9 Å². The molecule has 0 radical (unpaired) electrons. The first-order chi connectivity index (χ1) is 9.09. The molecule has 2 rings (SSSR count). The van der Waals surface area contributed by atoms with E-state index < -0.39 is 0 Å². The summed E-state index contributed by atoms with van der Waals surface area (Å²) >= 11 is 1.39. The maximum atomic E-state index is 11.1. The number of nitrogens with one attached hydrogen (secondary N) is 1. The Balaban J connectivity index is 1.98. The quantitative estimate of drug-likeness (QED) is 0.479. The first-order valence-electron chi connectivity index (χ1n) is 6.43. The molecule has 19 heavy (non-hydrogen) atoms. The van der Waals surface area contributed by atoms with E-state index in [-0.39, 0.29) is 10.7 Å². The Kier molecular flexibility index (Phi) is 4.36. The van der Waals surface area contributed by atoms with Gasteiger partial charge < -0.3 is 15.4 Å². The number of nitrogens with zero attached hydrogens (tertiary/aromatic N) is 3. The molecule has 0 aliphatic rings. The van der Waals surface area contributed by atoms with Crippen molar-refractivity contribution in [1.82, 2.24) is 9.38 Å². The number of anilines is 1. The zero-order valence-corrected chi connectivity index (χ0v) is 11.9. The maximum Gasteiger partial charge on any atom is 0.372 e. The SMILES string of the molecule is CC(C)CCCCNc1nc2sccn2c1[N+](=O)[O-]. The minimum atomic E-state index is -0.386. The van der Waals surface area contributed by atoms with Gasteiger partial charge in [-0.2, -0.15) is 9.38 Å². The van der Waals surface area contributed by atoms with E-state index in [1.807, 2.05) is 0 Å². The van der Waals surface area contributed by atoms with Crippen LogP contribution >= 0.6 is 11.3 Å². The summed E-state index contributed by atoms with van der Waals surface area (Å²) in [5, 5.41) is 16.0. The van der Waals surface area contributed by atoms with Gasteiger partial charge in [-0.3, -0.25) is 0 Å². The third-order valence-corrected chi connectivity index (χ3v) is 3.67. The number of aromatic nitrogens is 2. The van der Waals surface area contributed by atoms with Crippen LogP contribution in [0.15, 0.2) is 11.6 Å². The number of thiazole rings is 1. The molecule has 0 aliphatic carbocycles. The zero-order chi connectivity index (χ0) is 13.8. The molecule has 0 amide bonds. The van der Waals surface area contributed by atoms with Gasteiger partial charge >= 0.3 is 5.82 Å². The summed E-state index contributed by atoms with van der Waals surface area (Å²) in [5.41, 5.74) is 0. The van der Waals surface area contributed by atoms with Crippen molar-refractivity contribution in [1.29, 1.82) is 0 Å². The molecule has 0 unspecified atom stereocenters. The van der Waals surface area contributed by atoms with Crippen LogP contribution in [0.3, 0.4) is 0 Å². The average molecular weight is 282 g/mol. The Morgan fingerprint density at radius 1 is 1.53 bits per heavy atom. The third kappa shape index (κ3) is 3.23. The Morgan fingerprint density at radius 3 is 3.00 bits per heavy atom. The van der Waals surface area contributed by atoms with Crippen LogP contribution in [0, 0.1) is 16.0 Å². The van der Waals surface area contributed by atoms with Gasteiger partial charge in [0, 0.05) is 11.9 Å². The number of imidazole rings is 1. The summed E-state index contributed by atoms with van der Waals surface area (Å²) in [4.78, 5) is 15.6. The highest BCUT2D eigenvalue weighted by Crippen LogP contribution is 2.27. The molecule has 2 aromatic heterocycles. The monoisotopic (exact) mass is 282 g/mol. The lowest BCUT2D eigenvalue weighted by Gasteiger charge is -2.05. The van der Waals surface area contributed by atoms with Gasteiger partial charge in [0.1, 0.15) is 6.20 Å². The lowest BCUT2D eigenvalue weighted by Crippen LogP contribution is -2.05. The van der Waals surface area contributed by atoms with Crippen LogP contribution in [0.4, 0.5) is 11.6 Å². The Hall–Kier alpha value is -1.63. The van der Waals surface area contributed by atoms with E-state index in [1.54, 1.807) is 11.6 Å². The molecule has 2 aromatic rings. The van der Waals surface area contributed by atoms with Crippen molar-refractivity contribution in [3.8, 4) is 0 Å². The molecule has 0 aromatic carbocycles. The molecule has 6 nitrogen and oxygen atoms in total. The van der Waals surface area contributed by atoms with Crippen molar-refractivity contribution in [3.63, 3.8) is 0 Å². The number of rotatable bonds is 7. The molecule has 1 N–H and O–H groups in total. The standard InChI is InChI=1S/C12H18N4O2S/c1-9(2)5-3-4-6-13-10-11(16(17)18)15-7-8-19-12(15)14-10/h7-9,13H,3-6H2,1-2H3. The second kappa shape index (κ2) is 6.01. The molecular formula is C12H18N4O2S. The Labute approximate surface area is 115 Å². The number of hydrogen-bond donors (Lipinski definition) is 1. The molecule has 0 spiro atoms. The molecule has 0 aliphatic heterocycles. The van der Waals surface area contributed by atoms with Gasteiger partial charge in [0.15, 0.2) is 0 Å². The maximum absolute atomic E-state index is 11.1. The topological polar surface area (TPSA) is 72.5 Å². The van der Waals surface area contributed by atoms with Crippen molar-refractivity contribution in [2.45, 2.75) is 33.1 Å². The number of fused-ring (bicyclic) bond motifs is 1. The fraction of sp³-hybridized carbons (Fsp3) is 0.583. The summed E-state index contributed by atoms with van der Waals surface area (Å²) in [6.45, 7) is 5.11. The van der Waals surface area contributed by atoms with E-state index >= 15 is 0 Å². The summed E-state index contributed by atoms with van der Waals surface area (Å²) in [5.74, 6) is 1.11. The summed E-state index contributed by atoms with van der Waals surface area (Å²) in [6, 6.07) is 0. The normalized spacial score (nSPS) is 11.3. The molecule has 104 valence electrons. The molecule has 0 saturated heterocycles. The van der Waals surface area contributed by atoms with E-state index in [9.17, 15) is 10.1 Å². The lowest BCUT2D eigenvalue weighted by atomic mass is 10.1. The van der Waals surface area contributed by atoms with Crippen molar-refractivity contribution >= 4 is 27.9 Å². The van der Waals surface area contributed by atoms with Crippen LogP contribution in [0.25, 0.3) is 4.96 Å². The minimum Gasteiger partial charge on any atom is -0.363 e. The predicted molar refractivity (Wildman–Crippen MR) is 76.9 cm³/mol. The zero-order valence-electron chi connectivity index (χ0n) is 11.1. The minimum absolute atomic E-state index is 0.0279. The molecule has 0 fully saturated rings. The summed E-state index contributed by atoms with van der Waals surface area (Å²) in [6.07, 6.45) is 4.98. The van der Waals surface area contributed by atoms with Gasteiger partial charge in [-0.05, 0) is 17.3 Å². The summed E-state index contributed by atoms with van der Waals surface area (Å²) < 4.78 is 1.51. The van der Waals surface area contributed by atoms with Crippen LogP contribution in [0.1, 0.15) is 33.1 Å². The van der Waals surface area contributed by atoms with E-state index in [2.05, 4.69) is 24.1 Å². The van der Waals surface area contributed by atoms with Gasteiger partial charge in [0.2, 0.25) is 5.82 Å². The summed E-state index contributed by atoms with van der Waals surface area (Å²) in [7, 11) is 0. The average Bonchev–Trinajstić information content (AvgIpc) is 2.86. The molecule has 0 bridgehead atoms. The smallest absolute Gasteiger partial charge is 0.363 e. The van der Waals surface area contributed by atoms with Crippen LogP contribution in [0.2, 0.25) is 0 Å². The molecule has 7 heteroatoms. The van der Waals surface area contributed by atoms with Crippen LogP contribution in [-0.2, 0) is 0 Å². The Morgan fingerprint density at radius 2 is 2.32 bits per heavy atom. The second-order valence-electron chi connectivity index (χ2n) is 4.91. The first-order valence-corrected chi connectivity index (χ1v) is 7.31. The van der Waals surface area contributed by atoms with Gasteiger partial charge in [0.05, 0.1) is 0 Å². The predicted octanol–water partition coefficient (Wildman–Crippen LogP) is 3.54. The van der Waals surface area contributed by atoms with E-state index in [0.717, 1.165) is 19.4 Å². The van der Waals surface area contributed by atoms with Gasteiger partial charge in [0.25, 0.3) is 4.96 Å². The molecule has 0 atom stereocenters. The van der Waals surface area contributed by atoms with Crippen molar-refractivity contribution in [2.24, 2.45) is 5.92 Å². The number of hydrogen-bond acceptors (Lipinski definition) is 5.